The molecular formula is C13H25NO. The monoisotopic (exact) mass is 211 g/mol. The number of rotatable bonds is 2. The molecule has 0 heterocycles. The molecule has 1 fully saturated rings. The maximum Gasteiger partial charge on any atom is 0.137 e. The first-order chi connectivity index (χ1) is 6.80. The number of ketones is 1. The summed E-state index contributed by atoms with van der Waals surface area (Å²) < 4.78 is 0. The molecule has 0 unspecified atom stereocenters. The lowest BCUT2D eigenvalue weighted by atomic mass is 9.68. The van der Waals surface area contributed by atoms with Gasteiger partial charge in [0.25, 0.3) is 0 Å². The molecule has 1 rings (SSSR count). The van der Waals surface area contributed by atoms with Crippen LogP contribution in [0.2, 0.25) is 0 Å². The van der Waals surface area contributed by atoms with Crippen LogP contribution in [0.25, 0.3) is 0 Å². The highest BCUT2D eigenvalue weighted by Crippen LogP contribution is 2.38. The fourth-order valence-electron chi connectivity index (χ4n) is 2.52. The van der Waals surface area contributed by atoms with Gasteiger partial charge in [-0.2, -0.15) is 0 Å². The van der Waals surface area contributed by atoms with Crippen molar-refractivity contribution in [3.63, 3.8) is 0 Å². The van der Waals surface area contributed by atoms with Crippen molar-refractivity contribution in [3.8, 4) is 0 Å². The highest BCUT2D eigenvalue weighted by molar-refractivity contribution is 5.82. The van der Waals surface area contributed by atoms with Crippen LogP contribution < -0.4 is 0 Å². The molecule has 15 heavy (non-hydrogen) atoms. The van der Waals surface area contributed by atoms with Crippen LogP contribution in [0, 0.1) is 17.3 Å². The fourth-order valence-corrected chi connectivity index (χ4v) is 2.52. The van der Waals surface area contributed by atoms with Crippen molar-refractivity contribution in [3.05, 3.63) is 0 Å². The molecule has 1 aliphatic rings. The summed E-state index contributed by atoms with van der Waals surface area (Å²) in [6, 6.07) is 0. The average molecular weight is 211 g/mol. The zero-order valence-electron chi connectivity index (χ0n) is 10.8. The molecule has 0 radical (unpaired) electrons. The van der Waals surface area contributed by atoms with E-state index in [1.54, 1.807) is 0 Å². The van der Waals surface area contributed by atoms with E-state index in [4.69, 9.17) is 0 Å². The Morgan fingerprint density at radius 2 is 1.93 bits per heavy atom. The molecule has 1 aliphatic carbocycles. The standard InChI is InChI=1S/C13H25NO/c1-13(2,3)11-6-7-12(15)10(8-11)9-14(4)5/h10-11H,6-9H2,1-5H3/t10-,11+/m1/s1. The fraction of sp³-hybridized carbons (Fsp3) is 0.923. The van der Waals surface area contributed by atoms with Gasteiger partial charge in [-0.1, -0.05) is 20.8 Å². The van der Waals surface area contributed by atoms with Gasteiger partial charge in [0.05, 0.1) is 0 Å². The summed E-state index contributed by atoms with van der Waals surface area (Å²) in [7, 11) is 4.10. The molecule has 88 valence electrons. The molecule has 0 amide bonds. The molecule has 0 aromatic rings. The van der Waals surface area contributed by atoms with Crippen molar-refractivity contribution in [2.45, 2.75) is 40.0 Å². The minimum absolute atomic E-state index is 0.276. The Labute approximate surface area is 94.0 Å². The van der Waals surface area contributed by atoms with Crippen LogP contribution in [0.15, 0.2) is 0 Å². The molecular weight excluding hydrogens is 186 g/mol. The van der Waals surface area contributed by atoms with E-state index in [9.17, 15) is 4.79 Å². The zero-order chi connectivity index (χ0) is 11.6. The van der Waals surface area contributed by atoms with Gasteiger partial charge in [0.1, 0.15) is 5.78 Å². The Bertz CT molecular complexity index is 227. The summed E-state index contributed by atoms with van der Waals surface area (Å²) in [4.78, 5) is 13.9. The number of carbonyl (C=O) groups excluding carboxylic acids is 1. The maximum atomic E-state index is 11.8. The maximum absolute atomic E-state index is 11.8. The second kappa shape index (κ2) is 4.65. The summed E-state index contributed by atoms with van der Waals surface area (Å²) >= 11 is 0. The lowest BCUT2D eigenvalue weighted by molar-refractivity contribution is -0.127. The first kappa shape index (κ1) is 12.7. The van der Waals surface area contributed by atoms with Crippen LogP contribution >= 0.6 is 0 Å². The Balaban J connectivity index is 2.60. The third kappa shape index (κ3) is 3.60. The lowest BCUT2D eigenvalue weighted by Crippen LogP contribution is -2.37. The van der Waals surface area contributed by atoms with E-state index in [1.165, 1.54) is 0 Å². The van der Waals surface area contributed by atoms with Crippen LogP contribution in [-0.4, -0.2) is 31.3 Å². The third-order valence-electron chi connectivity index (χ3n) is 3.57. The summed E-state index contributed by atoms with van der Waals surface area (Å²) in [5.41, 5.74) is 0.352. The van der Waals surface area contributed by atoms with Gasteiger partial charge in [-0.15, -0.1) is 0 Å². The minimum Gasteiger partial charge on any atom is -0.309 e. The summed E-state index contributed by atoms with van der Waals surface area (Å²) in [5.74, 6) is 1.46. The molecule has 0 N–H and O–H groups in total. The number of hydrogen-bond donors (Lipinski definition) is 0. The normalized spacial score (nSPS) is 28.5. The van der Waals surface area contributed by atoms with E-state index in [2.05, 4.69) is 25.7 Å². The summed E-state index contributed by atoms with van der Waals surface area (Å²) in [6.45, 7) is 7.80. The van der Waals surface area contributed by atoms with E-state index in [1.807, 2.05) is 14.1 Å². The van der Waals surface area contributed by atoms with Crippen molar-refractivity contribution in [1.82, 2.24) is 4.90 Å². The number of hydrogen-bond acceptors (Lipinski definition) is 2. The molecule has 2 heteroatoms. The minimum atomic E-state index is 0.276. The molecule has 0 aromatic heterocycles. The Morgan fingerprint density at radius 1 is 1.33 bits per heavy atom. The highest BCUT2D eigenvalue weighted by Gasteiger charge is 2.34. The third-order valence-corrected chi connectivity index (χ3v) is 3.57. The van der Waals surface area contributed by atoms with Crippen LogP contribution in [0.3, 0.4) is 0 Å². The van der Waals surface area contributed by atoms with Gasteiger partial charge in [0.2, 0.25) is 0 Å². The summed E-state index contributed by atoms with van der Waals surface area (Å²) in [5, 5.41) is 0. The van der Waals surface area contributed by atoms with Gasteiger partial charge in [0, 0.05) is 18.9 Å². The molecule has 0 aliphatic heterocycles. The van der Waals surface area contributed by atoms with Crippen molar-refractivity contribution >= 4 is 5.78 Å². The van der Waals surface area contributed by atoms with Crippen molar-refractivity contribution in [2.75, 3.05) is 20.6 Å². The summed E-state index contributed by atoms with van der Waals surface area (Å²) in [6.07, 6.45) is 2.97. The van der Waals surface area contributed by atoms with Crippen LogP contribution in [-0.2, 0) is 4.79 Å². The second-order valence-electron chi connectivity index (χ2n) is 6.26. The van der Waals surface area contributed by atoms with E-state index in [0.29, 0.717) is 17.1 Å². The predicted molar refractivity (Wildman–Crippen MR) is 63.8 cm³/mol. The topological polar surface area (TPSA) is 20.3 Å². The molecule has 2 nitrogen and oxygen atoms in total. The van der Waals surface area contributed by atoms with Crippen molar-refractivity contribution in [1.29, 1.82) is 0 Å². The first-order valence-electron chi connectivity index (χ1n) is 5.98. The lowest BCUT2D eigenvalue weighted by Gasteiger charge is -2.37. The highest BCUT2D eigenvalue weighted by atomic mass is 16.1. The molecule has 1 saturated carbocycles. The Morgan fingerprint density at radius 3 is 2.40 bits per heavy atom. The molecule has 2 atom stereocenters. The van der Waals surface area contributed by atoms with Gasteiger partial charge in [0.15, 0.2) is 0 Å². The van der Waals surface area contributed by atoms with E-state index >= 15 is 0 Å². The van der Waals surface area contributed by atoms with Gasteiger partial charge >= 0.3 is 0 Å². The van der Waals surface area contributed by atoms with E-state index in [0.717, 1.165) is 25.8 Å². The van der Waals surface area contributed by atoms with Crippen molar-refractivity contribution in [2.24, 2.45) is 17.3 Å². The average Bonchev–Trinajstić information content (AvgIpc) is 2.06. The predicted octanol–water partition coefficient (Wildman–Crippen LogP) is 2.58. The van der Waals surface area contributed by atoms with Gasteiger partial charge in [-0.25, -0.2) is 0 Å². The number of nitrogens with zero attached hydrogens (tertiary/aromatic N) is 1. The Kier molecular flexibility index (Phi) is 3.93. The van der Waals surface area contributed by atoms with Crippen LogP contribution in [0.5, 0.6) is 0 Å². The second-order valence-corrected chi connectivity index (χ2v) is 6.26. The quantitative estimate of drug-likeness (QED) is 0.699. The molecule has 0 saturated heterocycles. The largest absolute Gasteiger partial charge is 0.309 e. The zero-order valence-corrected chi connectivity index (χ0v) is 10.8. The van der Waals surface area contributed by atoms with Gasteiger partial charge < -0.3 is 4.90 Å². The first-order valence-corrected chi connectivity index (χ1v) is 5.98. The number of carbonyl (C=O) groups is 1. The van der Waals surface area contributed by atoms with E-state index < -0.39 is 0 Å². The molecule has 0 aromatic carbocycles. The van der Waals surface area contributed by atoms with Crippen LogP contribution in [0.4, 0.5) is 0 Å². The molecule has 0 spiro atoms. The van der Waals surface area contributed by atoms with Gasteiger partial charge in [-0.05, 0) is 38.3 Å². The van der Waals surface area contributed by atoms with E-state index in [-0.39, 0.29) is 5.92 Å². The van der Waals surface area contributed by atoms with Crippen molar-refractivity contribution < 1.29 is 4.79 Å². The van der Waals surface area contributed by atoms with Crippen LogP contribution in [0.1, 0.15) is 40.0 Å². The van der Waals surface area contributed by atoms with Gasteiger partial charge in [-0.3, -0.25) is 4.79 Å². The smallest absolute Gasteiger partial charge is 0.137 e. The molecule has 0 bridgehead atoms. The SMILES string of the molecule is CN(C)C[C@H]1C[C@@H](C(C)(C)C)CCC1=O. The Hall–Kier alpha value is -0.370. The number of Topliss-reactive ketones (excluding diaryl/α,β-unsaturated/α-hetero) is 1.